The van der Waals surface area contributed by atoms with Crippen molar-refractivity contribution in [3.8, 4) is 6.01 Å². The summed E-state index contributed by atoms with van der Waals surface area (Å²) < 4.78 is 10.8. The Morgan fingerprint density at radius 2 is 2.17 bits per heavy atom. The maximum Gasteiger partial charge on any atom is 0.322 e. The Hall–Kier alpha value is -1.14. The molecular weight excluding hydrogens is 256 g/mol. The van der Waals surface area contributed by atoms with E-state index in [-0.39, 0.29) is 23.4 Å². The van der Waals surface area contributed by atoms with E-state index >= 15 is 0 Å². The first-order valence-electron chi connectivity index (χ1n) is 5.99. The lowest BCUT2D eigenvalue weighted by molar-refractivity contribution is 0.0978. The maximum absolute atomic E-state index is 5.90. The summed E-state index contributed by atoms with van der Waals surface area (Å²) in [5.74, 6) is 0.543. The molecule has 0 unspecified atom stereocenters. The number of ether oxygens (including phenoxy) is 2. The minimum absolute atomic E-state index is 0.00145. The number of anilines is 1. The van der Waals surface area contributed by atoms with Gasteiger partial charge in [-0.3, -0.25) is 0 Å². The zero-order chi connectivity index (χ0) is 13.1. The summed E-state index contributed by atoms with van der Waals surface area (Å²) in [5, 5.41) is 0.148. The van der Waals surface area contributed by atoms with Crippen LogP contribution >= 0.6 is 11.6 Å². The minimum Gasteiger partial charge on any atom is -0.461 e. The molecule has 0 spiro atoms. The molecule has 0 saturated carbocycles. The van der Waals surface area contributed by atoms with Crippen molar-refractivity contribution in [2.75, 3.05) is 24.7 Å². The molecule has 6 nitrogen and oxygen atoms in total. The second kappa shape index (κ2) is 5.67. The van der Waals surface area contributed by atoms with Crippen molar-refractivity contribution in [2.45, 2.75) is 32.9 Å². The second-order valence-electron chi connectivity index (χ2n) is 4.47. The number of hydrogen-bond donors (Lipinski definition) is 0. The van der Waals surface area contributed by atoms with E-state index in [0.29, 0.717) is 19.2 Å². The van der Waals surface area contributed by atoms with Gasteiger partial charge in [-0.1, -0.05) is 0 Å². The number of rotatable bonds is 3. The molecular formula is C11H17ClN4O2. The maximum atomic E-state index is 5.90. The zero-order valence-electron chi connectivity index (χ0n) is 10.8. The first-order valence-corrected chi connectivity index (χ1v) is 6.36. The minimum atomic E-state index is -0.00145. The van der Waals surface area contributed by atoms with E-state index < -0.39 is 0 Å². The molecule has 0 N–H and O–H groups in total. The Morgan fingerprint density at radius 1 is 1.39 bits per heavy atom. The molecule has 1 aliphatic heterocycles. The number of aromatic nitrogens is 3. The van der Waals surface area contributed by atoms with Crippen molar-refractivity contribution in [1.82, 2.24) is 15.0 Å². The normalized spacial score (nSPS) is 20.3. The van der Waals surface area contributed by atoms with E-state index in [9.17, 15) is 0 Å². The van der Waals surface area contributed by atoms with Crippen molar-refractivity contribution in [3.63, 3.8) is 0 Å². The van der Waals surface area contributed by atoms with Crippen LogP contribution in [0.25, 0.3) is 0 Å². The first-order chi connectivity index (χ1) is 8.56. The monoisotopic (exact) mass is 272 g/mol. The average molecular weight is 273 g/mol. The van der Waals surface area contributed by atoms with Crippen LogP contribution in [0.3, 0.4) is 0 Å². The molecule has 100 valence electrons. The predicted octanol–water partition coefficient (Wildman–Crippen LogP) is 1.54. The standard InChI is InChI=1S/C11H17ClN4O2/c1-7(2)18-11-14-9(12)13-10(15-11)16-4-5-17-6-8(16)3/h7-8H,4-6H2,1-3H3/t8-/m0/s1. The number of halogens is 1. The topological polar surface area (TPSA) is 60.4 Å². The van der Waals surface area contributed by atoms with E-state index in [4.69, 9.17) is 21.1 Å². The Balaban J connectivity index is 2.23. The van der Waals surface area contributed by atoms with Crippen LogP contribution < -0.4 is 9.64 Å². The Morgan fingerprint density at radius 3 is 2.83 bits per heavy atom. The van der Waals surface area contributed by atoms with Gasteiger partial charge in [0.25, 0.3) is 0 Å². The lowest BCUT2D eigenvalue weighted by Gasteiger charge is -2.33. The van der Waals surface area contributed by atoms with Gasteiger partial charge in [0, 0.05) is 6.54 Å². The molecule has 0 bridgehead atoms. The Bertz CT molecular complexity index is 416. The highest BCUT2D eigenvalue weighted by atomic mass is 35.5. The molecule has 0 radical (unpaired) electrons. The van der Waals surface area contributed by atoms with Crippen LogP contribution in [-0.4, -0.2) is 46.9 Å². The highest BCUT2D eigenvalue weighted by Crippen LogP contribution is 2.19. The van der Waals surface area contributed by atoms with E-state index in [1.54, 1.807) is 0 Å². The van der Waals surface area contributed by atoms with Gasteiger partial charge in [0.2, 0.25) is 11.2 Å². The molecule has 1 fully saturated rings. The van der Waals surface area contributed by atoms with Crippen LogP contribution in [0.1, 0.15) is 20.8 Å². The summed E-state index contributed by atoms with van der Waals surface area (Å²) >= 11 is 5.90. The van der Waals surface area contributed by atoms with Crippen molar-refractivity contribution in [3.05, 3.63) is 5.28 Å². The summed E-state index contributed by atoms with van der Waals surface area (Å²) in [4.78, 5) is 14.4. The van der Waals surface area contributed by atoms with Gasteiger partial charge < -0.3 is 14.4 Å². The Labute approximate surface area is 111 Å². The van der Waals surface area contributed by atoms with Crippen LogP contribution in [0.5, 0.6) is 6.01 Å². The van der Waals surface area contributed by atoms with E-state index in [2.05, 4.69) is 21.9 Å². The average Bonchev–Trinajstić information content (AvgIpc) is 2.27. The molecule has 1 atom stereocenters. The summed E-state index contributed by atoms with van der Waals surface area (Å²) in [6.45, 7) is 7.93. The fraction of sp³-hybridized carbons (Fsp3) is 0.727. The highest BCUT2D eigenvalue weighted by Gasteiger charge is 2.23. The van der Waals surface area contributed by atoms with Crippen molar-refractivity contribution in [1.29, 1.82) is 0 Å². The third kappa shape index (κ3) is 3.20. The van der Waals surface area contributed by atoms with Crippen molar-refractivity contribution >= 4 is 17.5 Å². The predicted molar refractivity (Wildman–Crippen MR) is 68.2 cm³/mol. The van der Waals surface area contributed by atoms with E-state index in [0.717, 1.165) is 6.54 Å². The largest absolute Gasteiger partial charge is 0.461 e. The van der Waals surface area contributed by atoms with Crippen LogP contribution in [0.4, 0.5) is 5.95 Å². The van der Waals surface area contributed by atoms with Gasteiger partial charge in [0.1, 0.15) is 0 Å². The summed E-state index contributed by atoms with van der Waals surface area (Å²) in [6.07, 6.45) is -0.00145. The van der Waals surface area contributed by atoms with Gasteiger partial charge in [-0.25, -0.2) is 0 Å². The van der Waals surface area contributed by atoms with Gasteiger partial charge in [-0.05, 0) is 32.4 Å². The lowest BCUT2D eigenvalue weighted by atomic mass is 10.3. The molecule has 1 saturated heterocycles. The molecule has 2 rings (SSSR count). The Kier molecular flexibility index (Phi) is 4.19. The van der Waals surface area contributed by atoms with Gasteiger partial charge in [-0.15, -0.1) is 0 Å². The van der Waals surface area contributed by atoms with Gasteiger partial charge in [0.15, 0.2) is 0 Å². The lowest BCUT2D eigenvalue weighted by Crippen LogP contribution is -2.44. The van der Waals surface area contributed by atoms with Crippen molar-refractivity contribution < 1.29 is 9.47 Å². The van der Waals surface area contributed by atoms with Gasteiger partial charge in [0.05, 0.1) is 25.4 Å². The SMILES string of the molecule is CC(C)Oc1nc(Cl)nc(N2CCOC[C@@H]2C)n1. The van der Waals surface area contributed by atoms with E-state index in [1.165, 1.54) is 0 Å². The summed E-state index contributed by atoms with van der Waals surface area (Å²) in [5.41, 5.74) is 0. The van der Waals surface area contributed by atoms with Gasteiger partial charge in [-0.2, -0.15) is 15.0 Å². The fourth-order valence-corrected chi connectivity index (χ4v) is 1.89. The molecule has 0 aliphatic carbocycles. The van der Waals surface area contributed by atoms with Crippen LogP contribution in [-0.2, 0) is 4.74 Å². The first kappa shape index (κ1) is 13.3. The van der Waals surface area contributed by atoms with E-state index in [1.807, 2.05) is 18.7 Å². The third-order valence-corrected chi connectivity index (χ3v) is 2.71. The number of morpholine rings is 1. The van der Waals surface area contributed by atoms with Crippen LogP contribution in [0.15, 0.2) is 0 Å². The highest BCUT2D eigenvalue weighted by molar-refractivity contribution is 6.28. The molecule has 7 heteroatoms. The molecule has 0 aromatic carbocycles. The number of hydrogen-bond acceptors (Lipinski definition) is 6. The smallest absolute Gasteiger partial charge is 0.322 e. The second-order valence-corrected chi connectivity index (χ2v) is 4.81. The van der Waals surface area contributed by atoms with Crippen molar-refractivity contribution in [2.24, 2.45) is 0 Å². The molecule has 1 aliphatic rings. The molecule has 18 heavy (non-hydrogen) atoms. The molecule has 1 aromatic rings. The van der Waals surface area contributed by atoms with Crippen LogP contribution in [0.2, 0.25) is 5.28 Å². The fourth-order valence-electron chi connectivity index (χ4n) is 1.74. The van der Waals surface area contributed by atoms with Crippen LogP contribution in [0, 0.1) is 0 Å². The summed E-state index contributed by atoms with van der Waals surface area (Å²) in [7, 11) is 0. The van der Waals surface area contributed by atoms with Gasteiger partial charge >= 0.3 is 6.01 Å². The quantitative estimate of drug-likeness (QED) is 0.832. The molecule has 1 aromatic heterocycles. The zero-order valence-corrected chi connectivity index (χ0v) is 11.5. The number of nitrogens with zero attached hydrogens (tertiary/aromatic N) is 4. The summed E-state index contributed by atoms with van der Waals surface area (Å²) in [6, 6.07) is 0.475. The molecule has 0 amide bonds. The molecule has 2 heterocycles. The third-order valence-electron chi connectivity index (χ3n) is 2.54.